The fourth-order valence-corrected chi connectivity index (χ4v) is 3.97. The number of nitrogens with zero attached hydrogens (tertiary/aromatic N) is 1. The normalized spacial score (nSPS) is 14.0. The Bertz CT molecular complexity index is 606. The van der Waals surface area contributed by atoms with E-state index in [1.54, 1.807) is 11.3 Å². The number of thiophene rings is 1. The highest BCUT2D eigenvalue weighted by atomic mass is 32.1. The van der Waals surface area contributed by atoms with Gasteiger partial charge in [-0.15, -0.1) is 11.3 Å². The summed E-state index contributed by atoms with van der Waals surface area (Å²) in [6.07, 6.45) is 8.56. The lowest BCUT2D eigenvalue weighted by molar-refractivity contribution is 0.0957. The number of carbonyl (C=O) groups excluding carboxylic acids is 1. The highest BCUT2D eigenvalue weighted by molar-refractivity contribution is 7.14. The first-order valence-electron chi connectivity index (χ1n) is 7.62. The second-order valence-corrected chi connectivity index (χ2v) is 6.78. The number of amides is 1. The summed E-state index contributed by atoms with van der Waals surface area (Å²) in [7, 11) is 0. The molecule has 21 heavy (non-hydrogen) atoms. The van der Waals surface area contributed by atoms with Crippen LogP contribution in [-0.4, -0.2) is 22.6 Å². The van der Waals surface area contributed by atoms with Crippen molar-refractivity contribution in [1.82, 2.24) is 15.5 Å². The van der Waals surface area contributed by atoms with Crippen LogP contribution in [0.3, 0.4) is 0 Å². The van der Waals surface area contributed by atoms with Crippen molar-refractivity contribution in [1.29, 1.82) is 0 Å². The molecule has 4 nitrogen and oxygen atoms in total. The molecule has 0 aromatic carbocycles. The van der Waals surface area contributed by atoms with Gasteiger partial charge in [-0.05, 0) is 62.6 Å². The van der Waals surface area contributed by atoms with E-state index in [-0.39, 0.29) is 5.91 Å². The summed E-state index contributed by atoms with van der Waals surface area (Å²) in [4.78, 5) is 14.5. The number of hydrogen-bond donors (Lipinski definition) is 2. The van der Waals surface area contributed by atoms with Crippen LogP contribution in [0.2, 0.25) is 0 Å². The fraction of sp³-hybridized carbons (Fsp3) is 0.500. The van der Waals surface area contributed by atoms with Gasteiger partial charge in [0.2, 0.25) is 0 Å². The van der Waals surface area contributed by atoms with Crippen molar-refractivity contribution in [3.8, 4) is 0 Å². The Hall–Kier alpha value is -1.62. The first-order valence-corrected chi connectivity index (χ1v) is 8.44. The predicted octanol–water partition coefficient (Wildman–Crippen LogP) is 3.02. The van der Waals surface area contributed by atoms with Gasteiger partial charge in [0.25, 0.3) is 5.91 Å². The summed E-state index contributed by atoms with van der Waals surface area (Å²) in [5, 5.41) is 9.98. The number of aromatic nitrogens is 2. The van der Waals surface area contributed by atoms with Crippen LogP contribution in [0, 0.1) is 6.92 Å². The molecule has 2 N–H and O–H groups in total. The van der Waals surface area contributed by atoms with Gasteiger partial charge in [0.05, 0.1) is 11.1 Å². The molecule has 3 rings (SSSR count). The maximum Gasteiger partial charge on any atom is 0.261 e. The minimum Gasteiger partial charge on any atom is -0.351 e. The highest BCUT2D eigenvalue weighted by Crippen LogP contribution is 2.29. The standard InChI is InChI=1S/C16H21N3OS/c1-11-13(10-18-19-11)6-4-8-17-16(20)15-9-12-5-2-3-7-14(12)21-15/h9-10H,2-8H2,1H3,(H,17,20)(H,18,19). The second-order valence-electron chi connectivity index (χ2n) is 5.65. The maximum absolute atomic E-state index is 12.2. The molecule has 0 aliphatic heterocycles. The van der Waals surface area contributed by atoms with E-state index in [9.17, 15) is 4.79 Å². The summed E-state index contributed by atoms with van der Waals surface area (Å²) in [6, 6.07) is 2.09. The zero-order valence-electron chi connectivity index (χ0n) is 12.4. The van der Waals surface area contributed by atoms with Crippen LogP contribution in [0.4, 0.5) is 0 Å². The van der Waals surface area contributed by atoms with Gasteiger partial charge in [-0.25, -0.2) is 0 Å². The number of hydrogen-bond acceptors (Lipinski definition) is 3. The molecule has 0 spiro atoms. The third-order valence-corrected chi connectivity index (χ3v) is 5.30. The number of rotatable bonds is 5. The van der Waals surface area contributed by atoms with E-state index in [1.807, 2.05) is 13.1 Å². The summed E-state index contributed by atoms with van der Waals surface area (Å²) in [6.45, 7) is 2.74. The number of fused-ring (bicyclic) bond motifs is 1. The molecule has 0 saturated carbocycles. The molecule has 5 heteroatoms. The van der Waals surface area contributed by atoms with Crippen LogP contribution in [0.1, 0.15) is 50.6 Å². The molecule has 0 fully saturated rings. The quantitative estimate of drug-likeness (QED) is 0.834. The van der Waals surface area contributed by atoms with Crippen LogP contribution in [-0.2, 0) is 19.3 Å². The molecule has 2 heterocycles. The van der Waals surface area contributed by atoms with Crippen molar-refractivity contribution in [2.24, 2.45) is 0 Å². The molecule has 0 saturated heterocycles. The first kappa shape index (κ1) is 14.3. The second kappa shape index (κ2) is 6.43. The average Bonchev–Trinajstić information content (AvgIpc) is 3.09. The maximum atomic E-state index is 12.2. The van der Waals surface area contributed by atoms with E-state index in [0.29, 0.717) is 6.54 Å². The van der Waals surface area contributed by atoms with Crippen LogP contribution in [0.25, 0.3) is 0 Å². The molecule has 1 aliphatic carbocycles. The number of aryl methyl sites for hydroxylation is 4. The van der Waals surface area contributed by atoms with E-state index in [4.69, 9.17) is 0 Å². The molecule has 1 aliphatic rings. The van der Waals surface area contributed by atoms with Gasteiger partial charge < -0.3 is 5.32 Å². The summed E-state index contributed by atoms with van der Waals surface area (Å²) >= 11 is 1.67. The van der Waals surface area contributed by atoms with Crippen molar-refractivity contribution in [2.75, 3.05) is 6.54 Å². The molecule has 1 amide bonds. The van der Waals surface area contributed by atoms with E-state index in [0.717, 1.165) is 36.3 Å². The number of aromatic amines is 1. The zero-order chi connectivity index (χ0) is 14.7. The molecule has 0 atom stereocenters. The molecule has 112 valence electrons. The van der Waals surface area contributed by atoms with Crippen molar-refractivity contribution < 1.29 is 4.79 Å². The Morgan fingerprint density at radius 3 is 3.05 bits per heavy atom. The lowest BCUT2D eigenvalue weighted by Gasteiger charge is -2.08. The highest BCUT2D eigenvalue weighted by Gasteiger charge is 2.16. The van der Waals surface area contributed by atoms with E-state index in [2.05, 4.69) is 21.6 Å². The van der Waals surface area contributed by atoms with E-state index < -0.39 is 0 Å². The summed E-state index contributed by atoms with van der Waals surface area (Å²) in [5.41, 5.74) is 3.74. The van der Waals surface area contributed by atoms with Gasteiger partial charge in [-0.3, -0.25) is 9.89 Å². The van der Waals surface area contributed by atoms with Crippen LogP contribution >= 0.6 is 11.3 Å². The SMILES string of the molecule is Cc1[nH]ncc1CCCNC(=O)c1cc2c(s1)CCCC2. The molecule has 0 bridgehead atoms. The van der Waals surface area contributed by atoms with Crippen molar-refractivity contribution >= 4 is 17.2 Å². The Balaban J connectivity index is 1.48. The zero-order valence-corrected chi connectivity index (χ0v) is 13.2. The van der Waals surface area contributed by atoms with Crippen LogP contribution in [0.5, 0.6) is 0 Å². The predicted molar refractivity (Wildman–Crippen MR) is 84.9 cm³/mol. The Morgan fingerprint density at radius 2 is 2.29 bits per heavy atom. The fourth-order valence-electron chi connectivity index (χ4n) is 2.80. The number of carbonyl (C=O) groups is 1. The van der Waals surface area contributed by atoms with Gasteiger partial charge in [-0.2, -0.15) is 5.10 Å². The largest absolute Gasteiger partial charge is 0.351 e. The summed E-state index contributed by atoms with van der Waals surface area (Å²) < 4.78 is 0. The van der Waals surface area contributed by atoms with Crippen molar-refractivity contribution in [2.45, 2.75) is 45.4 Å². The van der Waals surface area contributed by atoms with Gasteiger partial charge in [-0.1, -0.05) is 0 Å². The Morgan fingerprint density at radius 1 is 1.43 bits per heavy atom. The number of H-pyrrole nitrogens is 1. The third-order valence-electron chi connectivity index (χ3n) is 4.06. The van der Waals surface area contributed by atoms with Crippen molar-refractivity contribution in [3.63, 3.8) is 0 Å². The molecule has 0 unspecified atom stereocenters. The van der Waals surface area contributed by atoms with Gasteiger partial charge in [0, 0.05) is 17.1 Å². The van der Waals surface area contributed by atoms with Gasteiger partial charge >= 0.3 is 0 Å². The Kier molecular flexibility index (Phi) is 4.39. The summed E-state index contributed by atoms with van der Waals surface area (Å²) in [5.74, 6) is 0.0818. The van der Waals surface area contributed by atoms with E-state index >= 15 is 0 Å². The molecule has 2 aromatic heterocycles. The first-order chi connectivity index (χ1) is 10.2. The smallest absolute Gasteiger partial charge is 0.261 e. The van der Waals surface area contributed by atoms with E-state index in [1.165, 1.54) is 28.8 Å². The van der Waals surface area contributed by atoms with Crippen LogP contribution < -0.4 is 5.32 Å². The average molecular weight is 303 g/mol. The topological polar surface area (TPSA) is 57.8 Å². The van der Waals surface area contributed by atoms with Gasteiger partial charge in [0.15, 0.2) is 0 Å². The van der Waals surface area contributed by atoms with Crippen molar-refractivity contribution in [3.05, 3.63) is 38.8 Å². The molecular weight excluding hydrogens is 282 g/mol. The third kappa shape index (κ3) is 3.35. The molecular formula is C16H21N3OS. The minimum absolute atomic E-state index is 0.0818. The number of nitrogens with one attached hydrogen (secondary N) is 2. The lowest BCUT2D eigenvalue weighted by atomic mass is 9.99. The van der Waals surface area contributed by atoms with Crippen LogP contribution in [0.15, 0.2) is 12.3 Å². The Labute approximate surface area is 129 Å². The monoisotopic (exact) mass is 303 g/mol. The lowest BCUT2D eigenvalue weighted by Crippen LogP contribution is -2.23. The molecule has 2 aromatic rings. The molecule has 0 radical (unpaired) electrons. The minimum atomic E-state index is 0.0818. The van der Waals surface area contributed by atoms with Gasteiger partial charge in [0.1, 0.15) is 0 Å².